The topological polar surface area (TPSA) is 136 Å². The molecule has 1 aliphatic carbocycles. The molecule has 5 aromatic rings. The van der Waals surface area contributed by atoms with E-state index in [1.54, 1.807) is 33.4 Å². The third kappa shape index (κ3) is 5.99. The molecule has 2 N–H and O–H groups in total. The van der Waals surface area contributed by atoms with Crippen LogP contribution in [0.1, 0.15) is 30.0 Å². The average molecular weight is 772 g/mol. The summed E-state index contributed by atoms with van der Waals surface area (Å²) >= 11 is 14.3. The summed E-state index contributed by atoms with van der Waals surface area (Å²) in [5.41, 5.74) is 4.84. The van der Waals surface area contributed by atoms with Gasteiger partial charge in [-0.3, -0.25) is 18.8 Å². The molecule has 2 atom stereocenters. The first-order valence-corrected chi connectivity index (χ1v) is 18.6. The Morgan fingerprint density at radius 1 is 0.981 bits per heavy atom. The Bertz CT molecular complexity index is 2450. The molecule has 0 saturated carbocycles. The third-order valence-corrected chi connectivity index (χ3v) is 11.9. The van der Waals surface area contributed by atoms with Crippen LogP contribution < -0.4 is 26.6 Å². The molecule has 8 rings (SSSR count). The van der Waals surface area contributed by atoms with Crippen LogP contribution in [0.3, 0.4) is 0 Å². The van der Waals surface area contributed by atoms with Crippen molar-refractivity contribution in [1.29, 1.82) is 0 Å². The second kappa shape index (κ2) is 14.0. The number of carbonyl (C=O) groups excluding carboxylic acids is 1. The summed E-state index contributed by atoms with van der Waals surface area (Å²) in [6.07, 6.45) is 4.20. The van der Waals surface area contributed by atoms with Crippen LogP contribution in [-0.2, 0) is 25.3 Å². The van der Waals surface area contributed by atoms with E-state index in [0.29, 0.717) is 63.6 Å². The van der Waals surface area contributed by atoms with Crippen LogP contribution in [0, 0.1) is 0 Å². The Morgan fingerprint density at radius 2 is 1.74 bits per heavy atom. The molecular weight excluding hydrogens is 731 g/mol. The van der Waals surface area contributed by atoms with E-state index in [2.05, 4.69) is 26.6 Å². The van der Waals surface area contributed by atoms with Crippen molar-refractivity contribution in [1.82, 2.24) is 34.2 Å². The van der Waals surface area contributed by atoms with E-state index in [0.717, 1.165) is 53.6 Å². The van der Waals surface area contributed by atoms with Gasteiger partial charge in [-0.25, -0.2) is 19.6 Å². The molecule has 13 nitrogen and oxygen atoms in total. The minimum absolute atomic E-state index is 0.0315. The number of carbonyl (C=O) groups is 1. The number of amides is 2. The van der Waals surface area contributed by atoms with Crippen molar-refractivity contribution < 1.29 is 14.3 Å². The number of ether oxygens (including phenoxy) is 2. The first kappa shape index (κ1) is 36.0. The number of anilines is 2. The molecule has 2 fully saturated rings. The SMILES string of the molecule is COCCN1C[C@@]2(CCN([C@H]3CCc4cc(-c5cccc(-c6cccc(Nc7nccc8c7c(=O)n(C)c(=O)n8C)c6Cl)c5Cl)nc(OC)c43)C2)NC1=O. The van der Waals surface area contributed by atoms with E-state index in [4.69, 9.17) is 37.7 Å². The number of aryl methyl sites for hydroxylation is 2. The zero-order chi connectivity index (χ0) is 37.9. The molecule has 3 aliphatic rings. The van der Waals surface area contributed by atoms with Crippen LogP contribution in [0.5, 0.6) is 5.88 Å². The summed E-state index contributed by atoms with van der Waals surface area (Å²) in [6, 6.07) is 15.1. The molecule has 15 heteroatoms. The molecule has 0 unspecified atom stereocenters. The number of likely N-dealkylation sites (tertiary alicyclic amines) is 1. The van der Waals surface area contributed by atoms with Gasteiger partial charge >= 0.3 is 11.7 Å². The van der Waals surface area contributed by atoms with Crippen LogP contribution in [0.15, 0.2) is 64.3 Å². The summed E-state index contributed by atoms with van der Waals surface area (Å²) in [5.74, 6) is 0.844. The molecule has 3 aromatic heterocycles. The standard InChI is InChI=1S/C39H40Cl2N8O5/c1-46-28-13-15-42-34(31(28)36(50)47(2)38(46)52)43-26-10-6-8-24(33(26)41)23-7-5-9-25(32(23)40)27-19-22-11-12-29(30(22)35(44-27)54-4)48-16-14-39(20-48)21-49(17-18-53-3)37(51)45-39/h5-10,13,15,19,29H,11-12,14,16-18,20-21H2,1-4H3,(H,42,43)(H,45,51)/t29-,39-/m0/s1. The highest BCUT2D eigenvalue weighted by atomic mass is 35.5. The number of aromatic nitrogens is 4. The van der Waals surface area contributed by atoms with Gasteiger partial charge in [0.25, 0.3) is 5.56 Å². The lowest BCUT2D eigenvalue weighted by Gasteiger charge is -2.28. The van der Waals surface area contributed by atoms with E-state index >= 15 is 0 Å². The fraction of sp³-hybridized carbons (Fsp3) is 0.359. The largest absolute Gasteiger partial charge is 0.481 e. The number of rotatable bonds is 9. The lowest BCUT2D eigenvalue weighted by Crippen LogP contribution is -2.46. The Morgan fingerprint density at radius 3 is 2.52 bits per heavy atom. The van der Waals surface area contributed by atoms with Gasteiger partial charge < -0.3 is 25.0 Å². The van der Waals surface area contributed by atoms with Crippen LogP contribution in [-0.4, -0.2) is 87.5 Å². The van der Waals surface area contributed by atoms with Gasteiger partial charge in [-0.05, 0) is 43.0 Å². The molecular formula is C39H40Cl2N8O5. The number of hydrogen-bond donors (Lipinski definition) is 2. The molecule has 1 spiro atoms. The predicted octanol–water partition coefficient (Wildman–Crippen LogP) is 5.52. The molecule has 5 heterocycles. The second-order valence-corrected chi connectivity index (χ2v) is 15.0. The lowest BCUT2D eigenvalue weighted by molar-refractivity contribution is 0.158. The molecule has 2 amide bonds. The quantitative estimate of drug-likeness (QED) is 0.199. The van der Waals surface area contributed by atoms with E-state index in [1.807, 2.05) is 35.2 Å². The summed E-state index contributed by atoms with van der Waals surface area (Å²) in [7, 11) is 6.34. The highest BCUT2D eigenvalue weighted by Gasteiger charge is 2.49. The molecule has 280 valence electrons. The summed E-state index contributed by atoms with van der Waals surface area (Å²) in [6.45, 7) is 3.37. The predicted molar refractivity (Wildman–Crippen MR) is 209 cm³/mol. The van der Waals surface area contributed by atoms with E-state index in [9.17, 15) is 14.4 Å². The number of methoxy groups -OCH3 is 2. The first-order valence-electron chi connectivity index (χ1n) is 17.8. The molecule has 2 aromatic carbocycles. The zero-order valence-electron chi connectivity index (χ0n) is 30.4. The number of halogens is 2. The number of benzene rings is 2. The van der Waals surface area contributed by atoms with Crippen molar-refractivity contribution in [3.05, 3.63) is 96.7 Å². The highest BCUT2D eigenvalue weighted by molar-refractivity contribution is 6.39. The van der Waals surface area contributed by atoms with Crippen molar-refractivity contribution in [2.75, 3.05) is 52.3 Å². The fourth-order valence-electron chi connectivity index (χ4n) is 8.33. The maximum atomic E-state index is 13.2. The Labute approximate surface area is 321 Å². The number of pyridine rings is 2. The van der Waals surface area contributed by atoms with Gasteiger partial charge in [0.05, 0.1) is 46.2 Å². The third-order valence-electron chi connectivity index (χ3n) is 11.1. The van der Waals surface area contributed by atoms with Gasteiger partial charge in [0.15, 0.2) is 0 Å². The molecule has 0 bridgehead atoms. The van der Waals surface area contributed by atoms with E-state index in [1.165, 1.54) is 17.8 Å². The van der Waals surface area contributed by atoms with Crippen LogP contribution in [0.25, 0.3) is 33.3 Å². The number of fused-ring (bicyclic) bond motifs is 2. The molecule has 0 radical (unpaired) electrons. The Kier molecular flexibility index (Phi) is 9.37. The van der Waals surface area contributed by atoms with E-state index < -0.39 is 11.2 Å². The normalized spacial score (nSPS) is 19.6. The van der Waals surface area contributed by atoms with Gasteiger partial charge in [0, 0.05) is 81.9 Å². The van der Waals surface area contributed by atoms with Crippen molar-refractivity contribution in [2.45, 2.75) is 30.8 Å². The summed E-state index contributed by atoms with van der Waals surface area (Å²) in [5, 5.41) is 7.62. The van der Waals surface area contributed by atoms with Crippen LogP contribution in [0.4, 0.5) is 16.3 Å². The Balaban J connectivity index is 1.09. The first-order chi connectivity index (χ1) is 26.0. The molecule has 2 saturated heterocycles. The van der Waals surface area contributed by atoms with Crippen molar-refractivity contribution in [2.24, 2.45) is 14.1 Å². The van der Waals surface area contributed by atoms with Gasteiger partial charge in [0.1, 0.15) is 11.2 Å². The Hall–Kier alpha value is -4.95. The number of nitrogens with zero attached hydrogens (tertiary/aromatic N) is 6. The minimum Gasteiger partial charge on any atom is -0.481 e. The second-order valence-electron chi connectivity index (χ2n) is 14.2. The number of urea groups is 1. The zero-order valence-corrected chi connectivity index (χ0v) is 31.9. The van der Waals surface area contributed by atoms with Gasteiger partial charge in [0.2, 0.25) is 5.88 Å². The van der Waals surface area contributed by atoms with Crippen LogP contribution in [0.2, 0.25) is 10.0 Å². The number of nitrogens with one attached hydrogen (secondary N) is 2. The molecule has 54 heavy (non-hydrogen) atoms. The van der Waals surface area contributed by atoms with Gasteiger partial charge in [-0.1, -0.05) is 53.5 Å². The van der Waals surface area contributed by atoms with Gasteiger partial charge in [-0.15, -0.1) is 0 Å². The summed E-state index contributed by atoms with van der Waals surface area (Å²) < 4.78 is 13.6. The minimum atomic E-state index is -0.466. The van der Waals surface area contributed by atoms with E-state index in [-0.39, 0.29) is 28.8 Å². The fourth-order valence-corrected chi connectivity index (χ4v) is 8.93. The highest BCUT2D eigenvalue weighted by Crippen LogP contribution is 2.47. The monoisotopic (exact) mass is 770 g/mol. The van der Waals surface area contributed by atoms with Crippen molar-refractivity contribution in [3.63, 3.8) is 0 Å². The smallest absolute Gasteiger partial charge is 0.330 e. The average Bonchev–Trinajstić information content (AvgIpc) is 3.88. The van der Waals surface area contributed by atoms with Gasteiger partial charge in [-0.2, -0.15) is 0 Å². The van der Waals surface area contributed by atoms with Crippen molar-refractivity contribution >= 4 is 51.6 Å². The molecule has 2 aliphatic heterocycles. The summed E-state index contributed by atoms with van der Waals surface area (Å²) in [4.78, 5) is 52.2. The van der Waals surface area contributed by atoms with Crippen LogP contribution >= 0.6 is 23.2 Å². The maximum Gasteiger partial charge on any atom is 0.330 e. The maximum absolute atomic E-state index is 13.2. The lowest BCUT2D eigenvalue weighted by atomic mass is 9.99. The van der Waals surface area contributed by atoms with Crippen molar-refractivity contribution in [3.8, 4) is 28.3 Å². The number of hydrogen-bond acceptors (Lipinski definition) is 9.